The van der Waals surface area contributed by atoms with Crippen molar-refractivity contribution in [2.24, 2.45) is 0 Å². The zero-order valence-electron chi connectivity index (χ0n) is 27.6. The summed E-state index contributed by atoms with van der Waals surface area (Å²) in [7, 11) is -2.85. The van der Waals surface area contributed by atoms with Crippen molar-refractivity contribution >= 4 is 50.7 Å². The van der Waals surface area contributed by atoms with Crippen LogP contribution in [0.3, 0.4) is 0 Å². The zero-order valence-corrected chi connectivity index (χ0v) is 29.9. The number of nitrogens with one attached hydrogen (secondary N) is 1. The Hall–Kier alpha value is -4.05. The molecule has 0 spiro atoms. The maximum Gasteiger partial charge on any atom is 0.264 e. The van der Waals surface area contributed by atoms with Crippen molar-refractivity contribution in [2.45, 2.75) is 57.5 Å². The number of unbranched alkanes of at least 4 members (excludes halogenated alkanes) is 1. The Morgan fingerprint density at radius 1 is 0.896 bits per heavy atom. The third-order valence-electron chi connectivity index (χ3n) is 7.95. The Balaban J connectivity index is 1.86. The summed E-state index contributed by atoms with van der Waals surface area (Å²) in [6.45, 7) is 5.45. The average molecular weight is 711 g/mol. The van der Waals surface area contributed by atoms with E-state index in [9.17, 15) is 18.0 Å². The first-order chi connectivity index (χ1) is 22.9. The van der Waals surface area contributed by atoms with E-state index in [1.165, 1.54) is 24.1 Å². The number of methoxy groups -OCH3 is 1. The summed E-state index contributed by atoms with van der Waals surface area (Å²) in [5, 5.41) is 3.71. The molecule has 0 radical (unpaired) electrons. The topological polar surface area (TPSA) is 96.0 Å². The quantitative estimate of drug-likeness (QED) is 0.130. The Morgan fingerprint density at radius 2 is 1.58 bits per heavy atom. The number of amides is 2. The van der Waals surface area contributed by atoms with Gasteiger partial charge in [-0.2, -0.15) is 0 Å². The first-order valence-electron chi connectivity index (χ1n) is 15.7. The molecule has 1 N–H and O–H groups in total. The fourth-order valence-corrected chi connectivity index (χ4v) is 7.12. The van der Waals surface area contributed by atoms with Crippen LogP contribution in [0.1, 0.15) is 42.0 Å². The summed E-state index contributed by atoms with van der Waals surface area (Å²) in [4.78, 5) is 30.1. The van der Waals surface area contributed by atoms with Gasteiger partial charge in [-0.3, -0.25) is 13.9 Å². The summed E-state index contributed by atoms with van der Waals surface area (Å²) >= 11 is 12.8. The molecular formula is C37H41Cl2N3O5S. The summed E-state index contributed by atoms with van der Waals surface area (Å²) in [6.07, 6.45) is 1.82. The monoisotopic (exact) mass is 709 g/mol. The number of rotatable bonds is 15. The molecule has 0 aliphatic heterocycles. The molecule has 0 saturated carbocycles. The SMILES string of the molecule is CCCCNC(=O)[C@H](Cc1ccccc1)N(Cc1ccc(Cl)cc1Cl)C(=O)CN(c1cc(C)ccc1OC)S(=O)(=O)c1ccc(C)cc1. The van der Waals surface area contributed by atoms with Gasteiger partial charge >= 0.3 is 0 Å². The standard InChI is InChI=1S/C37H41Cl2N3O5S/c1-5-6-20-40-37(44)34(22-28-10-8-7-9-11-28)41(24-29-15-16-30(38)23-32(29)39)36(43)25-42(33-21-27(3)14-19-35(33)47-4)48(45,46)31-17-12-26(2)13-18-31/h7-19,21,23,34H,5-6,20,22,24-25H2,1-4H3,(H,40,44)/t34-/m0/s1. The van der Waals surface area contributed by atoms with Crippen LogP contribution in [0.15, 0.2) is 95.9 Å². The van der Waals surface area contributed by atoms with E-state index >= 15 is 0 Å². The third kappa shape index (κ3) is 9.30. The highest BCUT2D eigenvalue weighted by atomic mass is 35.5. The minimum absolute atomic E-state index is 0.00917. The molecule has 254 valence electrons. The molecule has 2 amide bonds. The minimum Gasteiger partial charge on any atom is -0.495 e. The minimum atomic E-state index is -4.30. The summed E-state index contributed by atoms with van der Waals surface area (Å²) in [5.74, 6) is -0.687. The van der Waals surface area contributed by atoms with Crippen molar-refractivity contribution in [3.8, 4) is 5.75 Å². The van der Waals surface area contributed by atoms with Gasteiger partial charge in [-0.1, -0.05) is 96.7 Å². The van der Waals surface area contributed by atoms with E-state index in [1.54, 1.807) is 48.5 Å². The van der Waals surface area contributed by atoms with Crippen molar-refractivity contribution in [3.63, 3.8) is 0 Å². The molecule has 8 nitrogen and oxygen atoms in total. The summed E-state index contributed by atoms with van der Waals surface area (Å²) < 4.78 is 35.4. The predicted octanol–water partition coefficient (Wildman–Crippen LogP) is 7.37. The molecule has 0 bridgehead atoms. The molecule has 0 fully saturated rings. The Kier molecular flexibility index (Phi) is 12.9. The second-order valence-corrected chi connectivity index (χ2v) is 14.3. The smallest absolute Gasteiger partial charge is 0.264 e. The molecular weight excluding hydrogens is 669 g/mol. The first kappa shape index (κ1) is 36.8. The van der Waals surface area contributed by atoms with Crippen LogP contribution in [0.4, 0.5) is 5.69 Å². The lowest BCUT2D eigenvalue weighted by Gasteiger charge is -2.34. The second kappa shape index (κ2) is 16.9. The van der Waals surface area contributed by atoms with Crippen molar-refractivity contribution in [1.82, 2.24) is 10.2 Å². The summed E-state index contributed by atoms with van der Waals surface area (Å²) in [6, 6.07) is 24.8. The van der Waals surface area contributed by atoms with Gasteiger partial charge in [0.05, 0.1) is 17.7 Å². The predicted molar refractivity (Wildman–Crippen MR) is 192 cm³/mol. The van der Waals surface area contributed by atoms with Crippen LogP contribution in [0, 0.1) is 13.8 Å². The fourth-order valence-electron chi connectivity index (χ4n) is 5.24. The van der Waals surface area contributed by atoms with Crippen LogP contribution in [0.25, 0.3) is 0 Å². The van der Waals surface area contributed by atoms with Crippen molar-refractivity contribution in [2.75, 3.05) is 24.5 Å². The molecule has 0 unspecified atom stereocenters. The van der Waals surface area contributed by atoms with E-state index < -0.39 is 28.5 Å². The Bertz CT molecular complexity index is 1820. The molecule has 0 aliphatic rings. The van der Waals surface area contributed by atoms with E-state index in [0.29, 0.717) is 22.2 Å². The normalized spacial score (nSPS) is 11.9. The van der Waals surface area contributed by atoms with Gasteiger partial charge in [0.2, 0.25) is 11.8 Å². The highest BCUT2D eigenvalue weighted by Crippen LogP contribution is 2.34. The number of hydrogen-bond acceptors (Lipinski definition) is 5. The molecule has 4 rings (SSSR count). The molecule has 11 heteroatoms. The number of anilines is 1. The van der Waals surface area contributed by atoms with Crippen LogP contribution >= 0.6 is 23.2 Å². The number of ether oxygens (including phenoxy) is 1. The highest BCUT2D eigenvalue weighted by Gasteiger charge is 2.36. The van der Waals surface area contributed by atoms with Gasteiger partial charge in [-0.15, -0.1) is 0 Å². The van der Waals surface area contributed by atoms with Crippen molar-refractivity contribution < 1.29 is 22.7 Å². The number of benzene rings is 4. The lowest BCUT2D eigenvalue weighted by atomic mass is 10.0. The van der Waals surface area contributed by atoms with E-state index in [1.807, 2.05) is 51.1 Å². The maximum absolute atomic E-state index is 14.7. The number of carbonyl (C=O) groups is 2. The Morgan fingerprint density at radius 3 is 2.23 bits per heavy atom. The largest absolute Gasteiger partial charge is 0.495 e. The van der Waals surface area contributed by atoms with Gasteiger partial charge in [-0.05, 0) is 73.4 Å². The fraction of sp³-hybridized carbons (Fsp3) is 0.297. The third-order valence-corrected chi connectivity index (χ3v) is 10.3. The van der Waals surface area contributed by atoms with E-state index in [-0.39, 0.29) is 35.2 Å². The highest BCUT2D eigenvalue weighted by molar-refractivity contribution is 7.92. The number of sulfonamides is 1. The molecule has 48 heavy (non-hydrogen) atoms. The van der Waals surface area contributed by atoms with Gasteiger partial charge in [-0.25, -0.2) is 8.42 Å². The number of carbonyl (C=O) groups excluding carboxylic acids is 2. The van der Waals surface area contributed by atoms with Gasteiger partial charge < -0.3 is 15.0 Å². The first-order valence-corrected chi connectivity index (χ1v) is 17.9. The number of halogens is 2. The van der Waals surface area contributed by atoms with Crippen LogP contribution in [0.5, 0.6) is 5.75 Å². The van der Waals surface area contributed by atoms with Crippen LogP contribution in [-0.2, 0) is 32.6 Å². The number of nitrogens with zero attached hydrogens (tertiary/aromatic N) is 2. The van der Waals surface area contributed by atoms with Gasteiger partial charge in [0.25, 0.3) is 10.0 Å². The van der Waals surface area contributed by atoms with Gasteiger partial charge in [0.1, 0.15) is 18.3 Å². The molecule has 1 atom stereocenters. The van der Waals surface area contributed by atoms with Crippen LogP contribution < -0.4 is 14.4 Å². The second-order valence-electron chi connectivity index (χ2n) is 11.6. The van der Waals surface area contributed by atoms with Crippen molar-refractivity contribution in [3.05, 3.63) is 123 Å². The van der Waals surface area contributed by atoms with Crippen molar-refractivity contribution in [1.29, 1.82) is 0 Å². The number of hydrogen-bond donors (Lipinski definition) is 1. The van der Waals surface area contributed by atoms with Gasteiger partial charge in [0.15, 0.2) is 0 Å². The average Bonchev–Trinajstić information content (AvgIpc) is 3.06. The lowest BCUT2D eigenvalue weighted by molar-refractivity contribution is -0.140. The molecule has 0 heterocycles. The molecule has 0 saturated heterocycles. The molecule has 0 aromatic heterocycles. The van der Waals surface area contributed by atoms with E-state index in [4.69, 9.17) is 27.9 Å². The lowest BCUT2D eigenvalue weighted by Crippen LogP contribution is -2.53. The molecule has 0 aliphatic carbocycles. The molecule has 4 aromatic rings. The Labute approximate surface area is 293 Å². The summed E-state index contributed by atoms with van der Waals surface area (Å²) in [5.41, 5.74) is 3.23. The number of aryl methyl sites for hydroxylation is 2. The van der Waals surface area contributed by atoms with E-state index in [2.05, 4.69) is 5.32 Å². The van der Waals surface area contributed by atoms with Crippen LogP contribution in [0.2, 0.25) is 10.0 Å². The maximum atomic E-state index is 14.7. The van der Waals surface area contributed by atoms with Crippen LogP contribution in [-0.4, -0.2) is 51.4 Å². The zero-order chi connectivity index (χ0) is 34.8. The molecule has 4 aromatic carbocycles. The van der Waals surface area contributed by atoms with E-state index in [0.717, 1.165) is 33.8 Å². The van der Waals surface area contributed by atoms with Gasteiger partial charge in [0, 0.05) is 29.6 Å².